The Bertz CT molecular complexity index is 917. The number of furan rings is 1. The second kappa shape index (κ2) is 8.12. The van der Waals surface area contributed by atoms with E-state index in [1.54, 1.807) is 13.4 Å². The van der Waals surface area contributed by atoms with E-state index >= 15 is 0 Å². The van der Waals surface area contributed by atoms with Gasteiger partial charge in [-0.25, -0.2) is 0 Å². The second-order valence-corrected chi connectivity index (χ2v) is 6.65. The van der Waals surface area contributed by atoms with Crippen LogP contribution in [-0.4, -0.2) is 54.3 Å². The number of methoxy groups -OCH3 is 1. The molecule has 7 nitrogen and oxygen atoms in total. The number of benzene rings is 1. The van der Waals surface area contributed by atoms with E-state index in [-0.39, 0.29) is 5.91 Å². The predicted octanol–water partition coefficient (Wildman–Crippen LogP) is 2.64. The SMILES string of the molecule is COc1cccc(CC(=O)N2CCN(c3ccc(-c4ccco4)nn3)CC2)c1. The number of carbonyl (C=O) groups is 1. The first-order chi connectivity index (χ1) is 13.7. The van der Waals surface area contributed by atoms with Gasteiger partial charge in [0.15, 0.2) is 11.6 Å². The lowest BCUT2D eigenvalue weighted by atomic mass is 10.1. The number of amides is 1. The van der Waals surface area contributed by atoms with Crippen molar-refractivity contribution in [3.05, 3.63) is 60.4 Å². The highest BCUT2D eigenvalue weighted by atomic mass is 16.5. The quantitative estimate of drug-likeness (QED) is 0.680. The van der Waals surface area contributed by atoms with Crippen LogP contribution < -0.4 is 9.64 Å². The van der Waals surface area contributed by atoms with Crippen LogP contribution in [0.5, 0.6) is 5.75 Å². The number of nitrogens with zero attached hydrogens (tertiary/aromatic N) is 4. The summed E-state index contributed by atoms with van der Waals surface area (Å²) in [5, 5.41) is 8.56. The minimum absolute atomic E-state index is 0.132. The topological polar surface area (TPSA) is 71.7 Å². The molecule has 3 heterocycles. The van der Waals surface area contributed by atoms with Crippen LogP contribution in [0.4, 0.5) is 5.82 Å². The normalized spacial score (nSPS) is 14.2. The van der Waals surface area contributed by atoms with E-state index in [0.717, 1.165) is 30.2 Å². The molecular weight excluding hydrogens is 356 g/mol. The van der Waals surface area contributed by atoms with Gasteiger partial charge in [0.05, 0.1) is 19.8 Å². The van der Waals surface area contributed by atoms with E-state index in [2.05, 4.69) is 15.1 Å². The van der Waals surface area contributed by atoms with E-state index in [9.17, 15) is 4.79 Å². The van der Waals surface area contributed by atoms with E-state index in [1.807, 2.05) is 53.4 Å². The molecule has 7 heteroatoms. The van der Waals surface area contributed by atoms with Gasteiger partial charge in [0.2, 0.25) is 5.91 Å². The van der Waals surface area contributed by atoms with E-state index < -0.39 is 0 Å². The molecule has 1 saturated heterocycles. The van der Waals surface area contributed by atoms with Gasteiger partial charge in [0.25, 0.3) is 0 Å². The molecule has 0 aliphatic carbocycles. The van der Waals surface area contributed by atoms with Crippen LogP contribution >= 0.6 is 0 Å². The average Bonchev–Trinajstić information content (AvgIpc) is 3.29. The Labute approximate surface area is 163 Å². The fraction of sp³-hybridized carbons (Fsp3) is 0.286. The first-order valence-electron chi connectivity index (χ1n) is 9.26. The minimum Gasteiger partial charge on any atom is -0.497 e. The summed E-state index contributed by atoms with van der Waals surface area (Å²) in [6.45, 7) is 2.81. The van der Waals surface area contributed by atoms with Crippen molar-refractivity contribution in [2.45, 2.75) is 6.42 Å². The average molecular weight is 378 g/mol. The highest BCUT2D eigenvalue weighted by Crippen LogP contribution is 2.20. The van der Waals surface area contributed by atoms with Crippen molar-refractivity contribution in [1.29, 1.82) is 0 Å². The maximum absolute atomic E-state index is 12.6. The minimum atomic E-state index is 0.132. The van der Waals surface area contributed by atoms with E-state index in [1.165, 1.54) is 0 Å². The van der Waals surface area contributed by atoms with Crippen molar-refractivity contribution in [3.8, 4) is 17.2 Å². The van der Waals surface area contributed by atoms with Crippen molar-refractivity contribution in [1.82, 2.24) is 15.1 Å². The summed E-state index contributed by atoms with van der Waals surface area (Å²) in [5.74, 6) is 2.42. The molecule has 4 rings (SSSR count). The van der Waals surface area contributed by atoms with Crippen LogP contribution in [0.3, 0.4) is 0 Å². The van der Waals surface area contributed by atoms with Gasteiger partial charge >= 0.3 is 0 Å². The fourth-order valence-corrected chi connectivity index (χ4v) is 3.30. The fourth-order valence-electron chi connectivity index (χ4n) is 3.30. The van der Waals surface area contributed by atoms with Crippen LogP contribution in [0, 0.1) is 0 Å². The zero-order chi connectivity index (χ0) is 19.3. The highest BCUT2D eigenvalue weighted by molar-refractivity contribution is 5.79. The molecule has 3 aromatic rings. The number of aromatic nitrogens is 2. The predicted molar refractivity (Wildman–Crippen MR) is 105 cm³/mol. The molecule has 0 atom stereocenters. The first kappa shape index (κ1) is 18.0. The van der Waals surface area contributed by atoms with Gasteiger partial charge in [-0.1, -0.05) is 12.1 Å². The van der Waals surface area contributed by atoms with Crippen LogP contribution in [0.25, 0.3) is 11.5 Å². The molecule has 2 aromatic heterocycles. The number of ether oxygens (including phenoxy) is 1. The van der Waals surface area contributed by atoms with Crippen LogP contribution in [0.15, 0.2) is 59.2 Å². The summed E-state index contributed by atoms with van der Waals surface area (Å²) >= 11 is 0. The molecule has 0 unspecified atom stereocenters. The zero-order valence-electron chi connectivity index (χ0n) is 15.7. The summed E-state index contributed by atoms with van der Waals surface area (Å²) in [6, 6.07) is 15.2. The Balaban J connectivity index is 1.33. The summed E-state index contributed by atoms with van der Waals surface area (Å²) < 4.78 is 10.6. The number of anilines is 1. The molecule has 0 radical (unpaired) electrons. The highest BCUT2D eigenvalue weighted by Gasteiger charge is 2.22. The van der Waals surface area contributed by atoms with Crippen molar-refractivity contribution in [2.24, 2.45) is 0 Å². The standard InChI is InChI=1S/C21H22N4O3/c1-27-17-5-2-4-16(14-17)15-21(26)25-11-9-24(10-12-25)20-8-7-18(22-23-20)19-6-3-13-28-19/h2-8,13-14H,9-12,15H2,1H3. The van der Waals surface area contributed by atoms with Crippen LogP contribution in [0.1, 0.15) is 5.56 Å². The van der Waals surface area contributed by atoms with Crippen molar-refractivity contribution in [3.63, 3.8) is 0 Å². The molecule has 1 aromatic carbocycles. The van der Waals surface area contributed by atoms with Crippen LogP contribution in [-0.2, 0) is 11.2 Å². The van der Waals surface area contributed by atoms with Gasteiger partial charge < -0.3 is 19.0 Å². The van der Waals surface area contributed by atoms with Gasteiger partial charge in [0.1, 0.15) is 11.4 Å². The summed E-state index contributed by atoms with van der Waals surface area (Å²) in [7, 11) is 1.63. The summed E-state index contributed by atoms with van der Waals surface area (Å²) in [6.07, 6.45) is 2.00. The lowest BCUT2D eigenvalue weighted by Gasteiger charge is -2.35. The Morgan fingerprint density at radius 2 is 1.93 bits per heavy atom. The number of piperazine rings is 1. The lowest BCUT2D eigenvalue weighted by molar-refractivity contribution is -0.130. The van der Waals surface area contributed by atoms with Gasteiger partial charge in [-0.05, 0) is 42.0 Å². The maximum Gasteiger partial charge on any atom is 0.227 e. The zero-order valence-corrected chi connectivity index (χ0v) is 15.7. The third-order valence-corrected chi connectivity index (χ3v) is 4.87. The smallest absolute Gasteiger partial charge is 0.227 e. The number of carbonyl (C=O) groups excluding carboxylic acids is 1. The van der Waals surface area contributed by atoms with Gasteiger partial charge in [0, 0.05) is 26.2 Å². The van der Waals surface area contributed by atoms with Crippen molar-refractivity contribution < 1.29 is 13.9 Å². The molecule has 0 bridgehead atoms. The Morgan fingerprint density at radius 3 is 2.61 bits per heavy atom. The number of hydrogen-bond donors (Lipinski definition) is 0. The largest absolute Gasteiger partial charge is 0.497 e. The molecule has 1 aliphatic heterocycles. The summed E-state index contributed by atoms with van der Waals surface area (Å²) in [5.41, 5.74) is 1.67. The number of hydrogen-bond acceptors (Lipinski definition) is 6. The molecule has 144 valence electrons. The van der Waals surface area contributed by atoms with Gasteiger partial charge in [-0.2, -0.15) is 0 Å². The maximum atomic E-state index is 12.6. The van der Waals surface area contributed by atoms with Crippen molar-refractivity contribution >= 4 is 11.7 Å². The lowest BCUT2D eigenvalue weighted by Crippen LogP contribution is -2.49. The molecule has 0 N–H and O–H groups in total. The Kier molecular flexibility index (Phi) is 5.23. The number of rotatable bonds is 5. The molecule has 1 amide bonds. The van der Waals surface area contributed by atoms with Gasteiger partial charge in [-0.3, -0.25) is 4.79 Å². The second-order valence-electron chi connectivity index (χ2n) is 6.65. The first-order valence-corrected chi connectivity index (χ1v) is 9.26. The third-order valence-electron chi connectivity index (χ3n) is 4.87. The van der Waals surface area contributed by atoms with E-state index in [4.69, 9.17) is 9.15 Å². The van der Waals surface area contributed by atoms with Crippen molar-refractivity contribution in [2.75, 3.05) is 38.2 Å². The molecule has 0 spiro atoms. The molecule has 28 heavy (non-hydrogen) atoms. The molecular formula is C21H22N4O3. The van der Waals surface area contributed by atoms with Gasteiger partial charge in [-0.15, -0.1) is 10.2 Å². The Hall–Kier alpha value is -3.35. The monoisotopic (exact) mass is 378 g/mol. The summed E-state index contributed by atoms with van der Waals surface area (Å²) in [4.78, 5) is 16.7. The Morgan fingerprint density at radius 1 is 1.07 bits per heavy atom. The molecule has 1 fully saturated rings. The van der Waals surface area contributed by atoms with Crippen LogP contribution in [0.2, 0.25) is 0 Å². The molecule has 1 aliphatic rings. The van der Waals surface area contributed by atoms with E-state index in [0.29, 0.717) is 31.0 Å². The molecule has 0 saturated carbocycles. The third kappa shape index (κ3) is 3.98.